The Labute approximate surface area is 113 Å². The van der Waals surface area contributed by atoms with E-state index in [4.69, 9.17) is 9.47 Å². The molecule has 1 aromatic carbocycles. The zero-order chi connectivity index (χ0) is 13.5. The Kier molecular flexibility index (Phi) is 2.85. The van der Waals surface area contributed by atoms with Gasteiger partial charge in [-0.05, 0) is 38.8 Å². The SMILES string of the molecule is CC1=CCC2(CC1)OC(=O)c1ccccc1OC2C. The number of allylic oxidation sites excluding steroid dienone is 1. The van der Waals surface area contributed by atoms with Crippen molar-refractivity contribution >= 4 is 5.97 Å². The van der Waals surface area contributed by atoms with Crippen LogP contribution in [0, 0.1) is 0 Å². The van der Waals surface area contributed by atoms with Gasteiger partial charge in [-0.3, -0.25) is 0 Å². The lowest BCUT2D eigenvalue weighted by Gasteiger charge is -2.38. The maximum absolute atomic E-state index is 12.3. The van der Waals surface area contributed by atoms with Crippen LogP contribution in [0.2, 0.25) is 0 Å². The molecule has 2 unspecified atom stereocenters. The molecule has 3 nitrogen and oxygen atoms in total. The molecule has 1 spiro atoms. The monoisotopic (exact) mass is 258 g/mol. The highest BCUT2D eigenvalue weighted by Crippen LogP contribution is 2.39. The Hall–Kier alpha value is -1.77. The van der Waals surface area contributed by atoms with Crippen LogP contribution in [0.25, 0.3) is 0 Å². The topological polar surface area (TPSA) is 35.5 Å². The molecule has 3 rings (SSSR count). The second-order valence-corrected chi connectivity index (χ2v) is 5.47. The number of rotatable bonds is 0. The first kappa shape index (κ1) is 12.3. The van der Waals surface area contributed by atoms with Gasteiger partial charge >= 0.3 is 5.97 Å². The molecule has 1 aromatic rings. The summed E-state index contributed by atoms with van der Waals surface area (Å²) in [5.41, 5.74) is 1.36. The van der Waals surface area contributed by atoms with Crippen molar-refractivity contribution in [1.29, 1.82) is 0 Å². The molecule has 3 heteroatoms. The van der Waals surface area contributed by atoms with Gasteiger partial charge in [0.1, 0.15) is 17.4 Å². The molecule has 0 aromatic heterocycles. The number of ether oxygens (including phenoxy) is 2. The molecule has 0 radical (unpaired) electrons. The molecule has 1 heterocycles. The van der Waals surface area contributed by atoms with E-state index < -0.39 is 5.60 Å². The van der Waals surface area contributed by atoms with Crippen molar-refractivity contribution in [2.75, 3.05) is 0 Å². The molecule has 100 valence electrons. The third-order valence-corrected chi connectivity index (χ3v) is 4.19. The van der Waals surface area contributed by atoms with E-state index in [0.29, 0.717) is 11.3 Å². The Morgan fingerprint density at radius 3 is 2.84 bits per heavy atom. The Bertz CT molecular complexity index is 547. The first-order valence-corrected chi connectivity index (χ1v) is 6.75. The lowest BCUT2D eigenvalue weighted by atomic mass is 9.82. The van der Waals surface area contributed by atoms with Crippen LogP contribution in [0.1, 0.15) is 43.5 Å². The van der Waals surface area contributed by atoms with Crippen molar-refractivity contribution in [1.82, 2.24) is 0 Å². The fourth-order valence-electron chi connectivity index (χ4n) is 2.78. The van der Waals surface area contributed by atoms with Crippen LogP contribution in [0.3, 0.4) is 0 Å². The first-order valence-electron chi connectivity index (χ1n) is 6.75. The second kappa shape index (κ2) is 4.41. The minimum atomic E-state index is -0.518. The quantitative estimate of drug-likeness (QED) is 0.528. The third kappa shape index (κ3) is 2.03. The molecule has 19 heavy (non-hydrogen) atoms. The van der Waals surface area contributed by atoms with Crippen LogP contribution in [-0.2, 0) is 4.74 Å². The van der Waals surface area contributed by atoms with E-state index in [2.05, 4.69) is 13.0 Å². The average Bonchev–Trinajstić information content (AvgIpc) is 2.51. The number of benzene rings is 1. The molecule has 0 N–H and O–H groups in total. The van der Waals surface area contributed by atoms with Gasteiger partial charge in [0.25, 0.3) is 0 Å². The Balaban J connectivity index is 1.98. The zero-order valence-electron chi connectivity index (χ0n) is 11.3. The largest absolute Gasteiger partial charge is 0.486 e. The van der Waals surface area contributed by atoms with Gasteiger partial charge in [0, 0.05) is 6.42 Å². The molecule has 2 aliphatic rings. The summed E-state index contributed by atoms with van der Waals surface area (Å²) in [6, 6.07) is 7.29. The molecule has 0 bridgehead atoms. The van der Waals surface area contributed by atoms with Gasteiger partial charge in [0.15, 0.2) is 5.60 Å². The number of carbonyl (C=O) groups excluding carboxylic acids is 1. The lowest BCUT2D eigenvalue weighted by Crippen LogP contribution is -2.47. The smallest absolute Gasteiger partial charge is 0.342 e. The van der Waals surface area contributed by atoms with Crippen molar-refractivity contribution in [3.05, 3.63) is 41.5 Å². The standard InChI is InChI=1S/C16H18O3/c1-11-7-9-16(10-8-11)12(2)18-14-6-4-3-5-13(14)15(17)19-16/h3-7,12H,8-10H2,1-2H3. The Morgan fingerprint density at radius 2 is 2.11 bits per heavy atom. The number of hydrogen-bond donors (Lipinski definition) is 0. The van der Waals surface area contributed by atoms with Crippen LogP contribution in [0.5, 0.6) is 5.75 Å². The Morgan fingerprint density at radius 1 is 1.32 bits per heavy atom. The minimum absolute atomic E-state index is 0.135. The van der Waals surface area contributed by atoms with Crippen molar-refractivity contribution in [3.8, 4) is 5.75 Å². The van der Waals surface area contributed by atoms with Crippen LogP contribution in [0.4, 0.5) is 0 Å². The second-order valence-electron chi connectivity index (χ2n) is 5.47. The third-order valence-electron chi connectivity index (χ3n) is 4.19. The molecular weight excluding hydrogens is 240 g/mol. The molecule has 2 atom stereocenters. The van der Waals surface area contributed by atoms with Crippen LogP contribution < -0.4 is 4.74 Å². The van der Waals surface area contributed by atoms with Gasteiger partial charge in [-0.1, -0.05) is 23.8 Å². The van der Waals surface area contributed by atoms with Gasteiger partial charge in [-0.2, -0.15) is 0 Å². The minimum Gasteiger partial charge on any atom is -0.486 e. The normalized spacial score (nSPS) is 29.9. The molecule has 0 fully saturated rings. The number of fused-ring (bicyclic) bond motifs is 1. The fourth-order valence-corrected chi connectivity index (χ4v) is 2.78. The summed E-state index contributed by atoms with van der Waals surface area (Å²) in [6.07, 6.45) is 4.55. The summed E-state index contributed by atoms with van der Waals surface area (Å²) >= 11 is 0. The van der Waals surface area contributed by atoms with Gasteiger partial charge in [-0.15, -0.1) is 0 Å². The van der Waals surface area contributed by atoms with Crippen LogP contribution in [-0.4, -0.2) is 17.7 Å². The lowest BCUT2D eigenvalue weighted by molar-refractivity contribution is -0.0720. The molecule has 0 saturated heterocycles. The summed E-state index contributed by atoms with van der Waals surface area (Å²) in [5.74, 6) is 0.357. The van der Waals surface area contributed by atoms with Gasteiger partial charge in [0.2, 0.25) is 0 Å². The van der Waals surface area contributed by atoms with E-state index in [9.17, 15) is 4.79 Å². The van der Waals surface area contributed by atoms with Gasteiger partial charge < -0.3 is 9.47 Å². The number of para-hydroxylation sites is 1. The van der Waals surface area contributed by atoms with Crippen LogP contribution in [0.15, 0.2) is 35.9 Å². The summed E-state index contributed by atoms with van der Waals surface area (Å²) in [5, 5.41) is 0. The summed E-state index contributed by atoms with van der Waals surface area (Å²) in [6.45, 7) is 4.11. The fraction of sp³-hybridized carbons (Fsp3) is 0.438. The maximum Gasteiger partial charge on any atom is 0.342 e. The van der Waals surface area contributed by atoms with E-state index in [0.717, 1.165) is 19.3 Å². The maximum atomic E-state index is 12.3. The van der Waals surface area contributed by atoms with E-state index in [1.165, 1.54) is 5.57 Å². The van der Waals surface area contributed by atoms with Crippen molar-refractivity contribution in [2.45, 2.75) is 44.8 Å². The summed E-state index contributed by atoms with van der Waals surface area (Å²) in [4.78, 5) is 12.3. The van der Waals surface area contributed by atoms with Crippen LogP contribution >= 0.6 is 0 Å². The summed E-state index contributed by atoms with van der Waals surface area (Å²) in [7, 11) is 0. The number of hydrogen-bond acceptors (Lipinski definition) is 3. The van der Waals surface area contributed by atoms with Crippen molar-refractivity contribution in [3.63, 3.8) is 0 Å². The zero-order valence-corrected chi connectivity index (χ0v) is 11.3. The highest BCUT2D eigenvalue weighted by molar-refractivity contribution is 5.93. The van der Waals surface area contributed by atoms with Crippen molar-refractivity contribution < 1.29 is 14.3 Å². The number of esters is 1. The number of carbonyl (C=O) groups is 1. The average molecular weight is 258 g/mol. The predicted molar refractivity (Wildman–Crippen MR) is 72.3 cm³/mol. The van der Waals surface area contributed by atoms with Gasteiger partial charge in [-0.25, -0.2) is 4.79 Å². The van der Waals surface area contributed by atoms with E-state index in [1.807, 2.05) is 25.1 Å². The predicted octanol–water partition coefficient (Wildman–Crippen LogP) is 3.49. The van der Waals surface area contributed by atoms with E-state index in [1.54, 1.807) is 6.07 Å². The molecule has 1 aliphatic carbocycles. The molecule has 0 saturated carbocycles. The molecule has 0 amide bonds. The summed E-state index contributed by atoms with van der Waals surface area (Å²) < 4.78 is 11.8. The highest BCUT2D eigenvalue weighted by atomic mass is 16.6. The van der Waals surface area contributed by atoms with E-state index in [-0.39, 0.29) is 12.1 Å². The first-order chi connectivity index (χ1) is 9.11. The van der Waals surface area contributed by atoms with Crippen molar-refractivity contribution in [2.24, 2.45) is 0 Å². The molecular formula is C16H18O3. The molecule has 1 aliphatic heterocycles. The highest BCUT2D eigenvalue weighted by Gasteiger charge is 2.45. The van der Waals surface area contributed by atoms with E-state index >= 15 is 0 Å². The van der Waals surface area contributed by atoms with Gasteiger partial charge in [0.05, 0.1) is 0 Å².